The number of hydrogen-bond donors (Lipinski definition) is 2. The molecule has 0 bridgehead atoms. The third-order valence-corrected chi connectivity index (χ3v) is 6.48. The number of rotatable bonds is 7. The zero-order valence-electron chi connectivity index (χ0n) is 19.4. The van der Waals surface area contributed by atoms with E-state index < -0.39 is 18.1 Å². The molecule has 5 nitrogen and oxygen atoms in total. The fourth-order valence-corrected chi connectivity index (χ4v) is 4.74. The van der Waals surface area contributed by atoms with E-state index in [1.54, 1.807) is 24.3 Å². The molecule has 0 aromatic heterocycles. The molecule has 4 aromatic carbocycles. The summed E-state index contributed by atoms with van der Waals surface area (Å²) in [6, 6.07) is 28.2. The number of benzene rings is 4. The average Bonchev–Trinajstić information content (AvgIpc) is 3.21. The quantitative estimate of drug-likeness (QED) is 0.338. The van der Waals surface area contributed by atoms with Crippen molar-refractivity contribution in [3.8, 4) is 22.3 Å². The van der Waals surface area contributed by atoms with Crippen molar-refractivity contribution in [1.29, 1.82) is 0 Å². The van der Waals surface area contributed by atoms with Crippen LogP contribution in [0.1, 0.15) is 22.6 Å². The minimum atomic E-state index is -1.16. The van der Waals surface area contributed by atoms with Crippen LogP contribution in [-0.2, 0) is 16.0 Å². The lowest BCUT2D eigenvalue weighted by Gasteiger charge is -2.18. The zero-order chi connectivity index (χ0) is 25.1. The Morgan fingerprint density at radius 1 is 0.833 bits per heavy atom. The standard InChI is InChI=1S/C30H24FNO4/c31-22-14-12-20(13-15-22)21-7-5-6-19(16-21)17-28(29(33)34)32-30(35)36-18-27-25-10-3-1-8-23(25)24-9-2-4-11-26(24)27/h1-16,27-28H,17-18H2,(H,32,35)(H,33,34). The molecule has 0 radical (unpaired) electrons. The second-order valence-electron chi connectivity index (χ2n) is 8.77. The lowest BCUT2D eigenvalue weighted by Crippen LogP contribution is -2.42. The SMILES string of the molecule is O=C(NC(Cc1cccc(-c2ccc(F)cc2)c1)C(=O)O)OCC1c2ccccc2-c2ccccc21. The van der Waals surface area contributed by atoms with Crippen molar-refractivity contribution < 1.29 is 23.8 Å². The minimum Gasteiger partial charge on any atom is -0.480 e. The number of halogens is 1. The Kier molecular flexibility index (Phi) is 6.50. The number of fused-ring (bicyclic) bond motifs is 3. The van der Waals surface area contributed by atoms with Crippen molar-refractivity contribution in [3.63, 3.8) is 0 Å². The van der Waals surface area contributed by atoms with E-state index in [1.165, 1.54) is 12.1 Å². The number of alkyl carbamates (subject to hydrolysis) is 1. The molecular formula is C30H24FNO4. The maximum absolute atomic E-state index is 13.3. The van der Waals surface area contributed by atoms with Gasteiger partial charge >= 0.3 is 12.1 Å². The molecule has 6 heteroatoms. The highest BCUT2D eigenvalue weighted by atomic mass is 19.1. The molecule has 0 spiro atoms. The Labute approximate surface area is 208 Å². The van der Waals surface area contributed by atoms with E-state index in [4.69, 9.17) is 4.74 Å². The number of hydrogen-bond acceptors (Lipinski definition) is 3. The number of aliphatic carboxylic acids is 1. The first kappa shape index (κ1) is 23.3. The van der Waals surface area contributed by atoms with Crippen LogP contribution in [0.3, 0.4) is 0 Å². The number of carbonyl (C=O) groups is 2. The van der Waals surface area contributed by atoms with E-state index in [0.29, 0.717) is 0 Å². The molecule has 1 amide bonds. The molecule has 2 N–H and O–H groups in total. The van der Waals surface area contributed by atoms with Crippen molar-refractivity contribution in [2.45, 2.75) is 18.4 Å². The Hall–Kier alpha value is -4.45. The third-order valence-electron chi connectivity index (χ3n) is 6.48. The van der Waals surface area contributed by atoms with E-state index in [9.17, 15) is 19.1 Å². The minimum absolute atomic E-state index is 0.0779. The topological polar surface area (TPSA) is 75.6 Å². The van der Waals surface area contributed by atoms with Gasteiger partial charge in [-0.15, -0.1) is 0 Å². The molecule has 0 saturated heterocycles. The van der Waals surface area contributed by atoms with Crippen molar-refractivity contribution in [2.24, 2.45) is 0 Å². The Morgan fingerprint density at radius 3 is 2.11 bits per heavy atom. The summed E-state index contributed by atoms with van der Waals surface area (Å²) in [6.45, 7) is 0.103. The first-order chi connectivity index (χ1) is 17.5. The van der Waals surface area contributed by atoms with Crippen molar-refractivity contribution >= 4 is 12.1 Å². The summed E-state index contributed by atoms with van der Waals surface area (Å²) >= 11 is 0. The van der Waals surface area contributed by atoms with Crippen LogP contribution >= 0.6 is 0 Å². The first-order valence-corrected chi connectivity index (χ1v) is 11.7. The molecule has 180 valence electrons. The molecule has 0 heterocycles. The van der Waals surface area contributed by atoms with Crippen LogP contribution in [-0.4, -0.2) is 29.8 Å². The molecule has 1 atom stereocenters. The third kappa shape index (κ3) is 4.84. The molecule has 0 fully saturated rings. The van der Waals surface area contributed by atoms with Crippen molar-refractivity contribution in [2.75, 3.05) is 6.61 Å². The highest BCUT2D eigenvalue weighted by Crippen LogP contribution is 2.44. The highest BCUT2D eigenvalue weighted by molar-refractivity contribution is 5.81. The van der Waals surface area contributed by atoms with Gasteiger partial charge in [-0.3, -0.25) is 0 Å². The maximum atomic E-state index is 13.3. The number of nitrogens with one attached hydrogen (secondary N) is 1. The number of amides is 1. The molecule has 1 aliphatic rings. The summed E-state index contributed by atoms with van der Waals surface area (Å²) < 4.78 is 18.8. The fraction of sp³-hybridized carbons (Fsp3) is 0.133. The Bertz CT molecular complexity index is 1370. The highest BCUT2D eigenvalue weighted by Gasteiger charge is 2.29. The molecule has 36 heavy (non-hydrogen) atoms. The molecule has 4 aromatic rings. The predicted octanol–water partition coefficient (Wildman–Crippen LogP) is 6.03. The molecule has 1 aliphatic carbocycles. The van der Waals surface area contributed by atoms with Gasteiger partial charge in [-0.1, -0.05) is 84.9 Å². The van der Waals surface area contributed by atoms with Crippen LogP contribution < -0.4 is 5.32 Å². The van der Waals surface area contributed by atoms with Crippen molar-refractivity contribution in [3.05, 3.63) is 120 Å². The van der Waals surface area contributed by atoms with Gasteiger partial charge in [-0.25, -0.2) is 14.0 Å². The lowest BCUT2D eigenvalue weighted by atomic mass is 9.98. The second kappa shape index (κ2) is 10.0. The van der Waals surface area contributed by atoms with Gasteiger partial charge in [0.1, 0.15) is 18.5 Å². The lowest BCUT2D eigenvalue weighted by molar-refractivity contribution is -0.139. The van der Waals surface area contributed by atoms with Crippen LogP contribution in [0.5, 0.6) is 0 Å². The first-order valence-electron chi connectivity index (χ1n) is 11.7. The van der Waals surface area contributed by atoms with Gasteiger partial charge in [0.15, 0.2) is 0 Å². The molecule has 0 aliphatic heterocycles. The number of carbonyl (C=O) groups excluding carboxylic acids is 1. The molecule has 1 unspecified atom stereocenters. The van der Waals surface area contributed by atoms with Gasteiger partial charge in [-0.05, 0) is 51.1 Å². The smallest absolute Gasteiger partial charge is 0.407 e. The predicted molar refractivity (Wildman–Crippen MR) is 135 cm³/mol. The summed E-state index contributed by atoms with van der Waals surface area (Å²) in [5, 5.41) is 12.2. The van der Waals surface area contributed by atoms with Gasteiger partial charge in [0.05, 0.1) is 0 Å². The second-order valence-corrected chi connectivity index (χ2v) is 8.77. The van der Waals surface area contributed by atoms with Crippen LogP contribution in [0.25, 0.3) is 22.3 Å². The van der Waals surface area contributed by atoms with Gasteiger partial charge in [0.25, 0.3) is 0 Å². The number of carboxylic acid groups (broad SMARTS) is 1. The summed E-state index contributed by atoms with van der Waals surface area (Å²) in [7, 11) is 0. The zero-order valence-corrected chi connectivity index (χ0v) is 19.4. The fourth-order valence-electron chi connectivity index (χ4n) is 4.74. The summed E-state index contributed by atoms with van der Waals surface area (Å²) in [4.78, 5) is 24.5. The van der Waals surface area contributed by atoms with Gasteiger partial charge in [0, 0.05) is 12.3 Å². The van der Waals surface area contributed by atoms with Gasteiger partial charge in [0.2, 0.25) is 0 Å². The summed E-state index contributed by atoms with van der Waals surface area (Å²) in [5.41, 5.74) is 6.77. The monoisotopic (exact) mass is 481 g/mol. The van der Waals surface area contributed by atoms with Crippen LogP contribution in [0.2, 0.25) is 0 Å². The molecular weight excluding hydrogens is 457 g/mol. The molecule has 0 saturated carbocycles. The summed E-state index contributed by atoms with van der Waals surface area (Å²) in [6.07, 6.45) is -0.701. The van der Waals surface area contributed by atoms with E-state index in [2.05, 4.69) is 17.4 Å². The van der Waals surface area contributed by atoms with Gasteiger partial charge < -0.3 is 15.2 Å². The van der Waals surface area contributed by atoms with E-state index in [-0.39, 0.29) is 24.8 Å². The number of carboxylic acids is 1. The average molecular weight is 482 g/mol. The van der Waals surface area contributed by atoms with E-state index >= 15 is 0 Å². The van der Waals surface area contributed by atoms with Crippen LogP contribution in [0, 0.1) is 5.82 Å². The normalized spacial score (nSPS) is 12.9. The van der Waals surface area contributed by atoms with E-state index in [0.717, 1.165) is 38.9 Å². The Morgan fingerprint density at radius 2 is 1.47 bits per heavy atom. The van der Waals surface area contributed by atoms with Crippen LogP contribution in [0.15, 0.2) is 97.1 Å². The van der Waals surface area contributed by atoms with E-state index in [1.807, 2.05) is 48.5 Å². The summed E-state index contributed by atoms with van der Waals surface area (Å²) in [5.74, 6) is -1.59. The van der Waals surface area contributed by atoms with Gasteiger partial charge in [-0.2, -0.15) is 0 Å². The molecule has 5 rings (SSSR count). The maximum Gasteiger partial charge on any atom is 0.407 e. The van der Waals surface area contributed by atoms with Crippen molar-refractivity contribution in [1.82, 2.24) is 5.32 Å². The van der Waals surface area contributed by atoms with Crippen LogP contribution in [0.4, 0.5) is 9.18 Å². The Balaban J connectivity index is 1.26. The largest absolute Gasteiger partial charge is 0.480 e. The number of ether oxygens (including phenoxy) is 1.